The Morgan fingerprint density at radius 3 is 2.50 bits per heavy atom. The van der Waals surface area contributed by atoms with Crippen molar-refractivity contribution in [3.8, 4) is 17.6 Å². The van der Waals surface area contributed by atoms with Crippen LogP contribution < -0.4 is 14.8 Å². The molecular weight excluding hydrogens is 304 g/mol. The summed E-state index contributed by atoms with van der Waals surface area (Å²) < 4.78 is 10.4. The summed E-state index contributed by atoms with van der Waals surface area (Å²) in [6.07, 6.45) is 1.74. The number of ether oxygens (including phenoxy) is 2. The van der Waals surface area contributed by atoms with E-state index in [2.05, 4.69) is 11.4 Å². The Balaban J connectivity index is 2.21. The maximum atomic E-state index is 12.3. The highest BCUT2D eigenvalue weighted by molar-refractivity contribution is 6.06. The van der Waals surface area contributed by atoms with Crippen LogP contribution >= 0.6 is 0 Å². The minimum absolute atomic E-state index is 0.271. The Morgan fingerprint density at radius 1 is 1.12 bits per heavy atom. The van der Waals surface area contributed by atoms with Gasteiger partial charge in [-0.25, -0.2) is 0 Å². The fourth-order valence-electron chi connectivity index (χ4n) is 2.17. The van der Waals surface area contributed by atoms with Gasteiger partial charge in [0, 0.05) is 5.57 Å². The first-order chi connectivity index (χ1) is 11.6. The summed E-state index contributed by atoms with van der Waals surface area (Å²) in [5, 5.41) is 11.8. The molecule has 2 aromatic carbocycles. The SMILES string of the molecule is COc1ccc(/C=C(\C)C(=O)Nc2ccccc2C#N)cc1OC. The number of amides is 1. The maximum absolute atomic E-state index is 12.3. The van der Waals surface area contributed by atoms with Crippen LogP contribution in [0.15, 0.2) is 48.0 Å². The van der Waals surface area contributed by atoms with E-state index in [9.17, 15) is 4.79 Å². The highest BCUT2D eigenvalue weighted by Gasteiger charge is 2.09. The van der Waals surface area contributed by atoms with E-state index >= 15 is 0 Å². The van der Waals surface area contributed by atoms with Crippen molar-refractivity contribution in [2.45, 2.75) is 6.92 Å². The molecule has 24 heavy (non-hydrogen) atoms. The molecule has 5 nitrogen and oxygen atoms in total. The van der Waals surface area contributed by atoms with Crippen molar-refractivity contribution in [1.29, 1.82) is 5.26 Å². The van der Waals surface area contributed by atoms with Crippen LogP contribution in [0.4, 0.5) is 5.69 Å². The molecule has 0 radical (unpaired) electrons. The number of rotatable bonds is 5. The minimum Gasteiger partial charge on any atom is -0.493 e. The molecule has 0 saturated heterocycles. The standard InChI is InChI=1S/C19H18N2O3/c1-13(10-14-8-9-17(23-2)18(11-14)24-3)19(22)21-16-7-5-4-6-15(16)12-20/h4-11H,1-3H3,(H,21,22)/b13-10+. The van der Waals surface area contributed by atoms with Gasteiger partial charge in [0.25, 0.3) is 5.91 Å². The van der Waals surface area contributed by atoms with Gasteiger partial charge in [0.15, 0.2) is 11.5 Å². The molecule has 0 bridgehead atoms. The lowest BCUT2D eigenvalue weighted by Gasteiger charge is -2.09. The molecule has 5 heteroatoms. The van der Waals surface area contributed by atoms with Crippen molar-refractivity contribution in [3.63, 3.8) is 0 Å². The Kier molecular flexibility index (Phi) is 5.58. The number of methoxy groups -OCH3 is 2. The summed E-state index contributed by atoms with van der Waals surface area (Å²) in [6, 6.07) is 14.3. The second-order valence-corrected chi connectivity index (χ2v) is 5.05. The van der Waals surface area contributed by atoms with E-state index in [1.54, 1.807) is 63.6 Å². The Bertz CT molecular complexity index is 820. The van der Waals surface area contributed by atoms with Gasteiger partial charge >= 0.3 is 0 Å². The fourth-order valence-corrected chi connectivity index (χ4v) is 2.17. The number of carbonyl (C=O) groups excluding carboxylic acids is 1. The van der Waals surface area contributed by atoms with Gasteiger partial charge in [0.05, 0.1) is 25.5 Å². The van der Waals surface area contributed by atoms with Crippen molar-refractivity contribution in [1.82, 2.24) is 0 Å². The predicted octanol–water partition coefficient (Wildman–Crippen LogP) is 3.62. The number of nitrogens with zero attached hydrogens (tertiary/aromatic N) is 1. The third-order valence-corrected chi connectivity index (χ3v) is 3.44. The zero-order valence-corrected chi connectivity index (χ0v) is 13.8. The van der Waals surface area contributed by atoms with Gasteiger partial charge in [0.2, 0.25) is 0 Å². The average molecular weight is 322 g/mol. The number of carbonyl (C=O) groups is 1. The van der Waals surface area contributed by atoms with Crippen LogP contribution in [0.1, 0.15) is 18.1 Å². The van der Waals surface area contributed by atoms with Crippen LogP contribution in [0.25, 0.3) is 6.08 Å². The van der Waals surface area contributed by atoms with Gasteiger partial charge in [-0.1, -0.05) is 18.2 Å². The zero-order chi connectivity index (χ0) is 17.5. The first-order valence-corrected chi connectivity index (χ1v) is 7.30. The van der Waals surface area contributed by atoms with Gasteiger partial charge < -0.3 is 14.8 Å². The molecule has 0 saturated carbocycles. The Morgan fingerprint density at radius 2 is 1.83 bits per heavy atom. The smallest absolute Gasteiger partial charge is 0.251 e. The maximum Gasteiger partial charge on any atom is 0.251 e. The number of nitrogens with one attached hydrogen (secondary N) is 1. The van der Waals surface area contributed by atoms with Crippen molar-refractivity contribution < 1.29 is 14.3 Å². The summed E-state index contributed by atoms with van der Waals surface area (Å²) in [5.74, 6) is 0.946. The van der Waals surface area contributed by atoms with Gasteiger partial charge in [-0.05, 0) is 42.8 Å². The molecule has 0 aliphatic carbocycles. The monoisotopic (exact) mass is 322 g/mol. The summed E-state index contributed by atoms with van der Waals surface area (Å²) in [7, 11) is 3.13. The largest absolute Gasteiger partial charge is 0.493 e. The highest BCUT2D eigenvalue weighted by atomic mass is 16.5. The molecule has 0 heterocycles. The molecule has 0 aliphatic heterocycles. The van der Waals surface area contributed by atoms with Crippen molar-refractivity contribution in [2.24, 2.45) is 0 Å². The van der Waals surface area contributed by atoms with E-state index < -0.39 is 0 Å². The summed E-state index contributed by atoms with van der Waals surface area (Å²) in [5.41, 5.74) is 2.23. The van der Waals surface area contributed by atoms with Crippen LogP contribution in [0.3, 0.4) is 0 Å². The number of para-hydroxylation sites is 1. The van der Waals surface area contributed by atoms with Crippen molar-refractivity contribution in [3.05, 3.63) is 59.2 Å². The molecule has 0 atom stereocenters. The molecule has 0 fully saturated rings. The average Bonchev–Trinajstić information content (AvgIpc) is 2.61. The van der Waals surface area contributed by atoms with Crippen molar-refractivity contribution >= 4 is 17.7 Å². The molecule has 0 spiro atoms. The molecular formula is C19H18N2O3. The van der Waals surface area contributed by atoms with Crippen molar-refractivity contribution in [2.75, 3.05) is 19.5 Å². The molecule has 122 valence electrons. The summed E-state index contributed by atoms with van der Waals surface area (Å²) in [4.78, 5) is 12.3. The first-order valence-electron chi connectivity index (χ1n) is 7.30. The molecule has 2 aromatic rings. The molecule has 1 amide bonds. The molecule has 1 N–H and O–H groups in total. The molecule has 0 unspecified atom stereocenters. The lowest BCUT2D eigenvalue weighted by Crippen LogP contribution is -2.13. The van der Waals surface area contributed by atoms with E-state index in [1.807, 2.05) is 6.07 Å². The highest BCUT2D eigenvalue weighted by Crippen LogP contribution is 2.28. The van der Waals surface area contributed by atoms with Gasteiger partial charge in [-0.3, -0.25) is 4.79 Å². The number of anilines is 1. The van der Waals surface area contributed by atoms with Crippen LogP contribution in [-0.2, 0) is 4.79 Å². The summed E-state index contributed by atoms with van der Waals surface area (Å²) in [6.45, 7) is 1.71. The Labute approximate surface area is 141 Å². The normalized spacial score (nSPS) is 10.7. The lowest BCUT2D eigenvalue weighted by atomic mass is 10.1. The Hall–Kier alpha value is -3.26. The van der Waals surface area contributed by atoms with Crippen LogP contribution in [0.5, 0.6) is 11.5 Å². The van der Waals surface area contributed by atoms with E-state index in [1.165, 1.54) is 0 Å². The third kappa shape index (κ3) is 3.93. The summed E-state index contributed by atoms with van der Waals surface area (Å²) >= 11 is 0. The van der Waals surface area contributed by atoms with Gasteiger partial charge in [-0.15, -0.1) is 0 Å². The van der Waals surface area contributed by atoms with Gasteiger partial charge in [-0.2, -0.15) is 5.26 Å². The molecule has 2 rings (SSSR count). The molecule has 0 aliphatic rings. The number of hydrogen-bond acceptors (Lipinski definition) is 4. The van der Waals surface area contributed by atoms with E-state index in [4.69, 9.17) is 14.7 Å². The molecule has 0 aromatic heterocycles. The number of nitriles is 1. The second kappa shape index (κ2) is 7.84. The van der Waals surface area contributed by atoms with E-state index in [0.29, 0.717) is 28.3 Å². The van der Waals surface area contributed by atoms with E-state index in [-0.39, 0.29) is 5.91 Å². The van der Waals surface area contributed by atoms with Crippen LogP contribution in [0, 0.1) is 11.3 Å². The van der Waals surface area contributed by atoms with Crippen LogP contribution in [-0.4, -0.2) is 20.1 Å². The van der Waals surface area contributed by atoms with Crippen LogP contribution in [0.2, 0.25) is 0 Å². The number of benzene rings is 2. The first kappa shape index (κ1) is 17.1. The lowest BCUT2D eigenvalue weighted by molar-refractivity contribution is -0.112. The third-order valence-electron chi connectivity index (χ3n) is 3.44. The predicted molar refractivity (Wildman–Crippen MR) is 93.0 cm³/mol. The topological polar surface area (TPSA) is 71.3 Å². The number of hydrogen-bond donors (Lipinski definition) is 1. The van der Waals surface area contributed by atoms with E-state index in [0.717, 1.165) is 5.56 Å². The fraction of sp³-hybridized carbons (Fsp3) is 0.158. The van der Waals surface area contributed by atoms with Gasteiger partial charge in [0.1, 0.15) is 6.07 Å². The second-order valence-electron chi connectivity index (χ2n) is 5.05. The quantitative estimate of drug-likeness (QED) is 0.854. The minimum atomic E-state index is -0.271. The zero-order valence-electron chi connectivity index (χ0n) is 13.8.